The van der Waals surface area contributed by atoms with E-state index in [4.69, 9.17) is 21.4 Å². The monoisotopic (exact) mass is 461 g/mol. The van der Waals surface area contributed by atoms with Crippen molar-refractivity contribution in [2.45, 2.75) is 25.2 Å². The number of carbonyl (C=O) groups is 2. The van der Waals surface area contributed by atoms with E-state index in [0.717, 1.165) is 15.7 Å². The van der Waals surface area contributed by atoms with Gasteiger partial charge in [0.25, 0.3) is 0 Å². The minimum atomic E-state index is -5.08. The number of amides is 1. The van der Waals surface area contributed by atoms with Crippen LogP contribution < -0.4 is 11.5 Å². The van der Waals surface area contributed by atoms with Crippen molar-refractivity contribution in [1.82, 2.24) is 9.78 Å². The second-order valence-corrected chi connectivity index (χ2v) is 6.87. The number of halogens is 4. The summed E-state index contributed by atoms with van der Waals surface area (Å²) in [6, 6.07) is 7.14. The van der Waals surface area contributed by atoms with Crippen LogP contribution in [0.1, 0.15) is 28.5 Å². The van der Waals surface area contributed by atoms with Gasteiger partial charge in [-0.05, 0) is 40.5 Å². The molecular weight excluding hydrogens is 447 g/mol. The Morgan fingerprint density at radius 1 is 1.36 bits per heavy atom. The maximum atomic E-state index is 11.3. The maximum absolute atomic E-state index is 11.3. The zero-order valence-electron chi connectivity index (χ0n) is 14.4. The molecule has 12 heteroatoms. The van der Waals surface area contributed by atoms with Crippen LogP contribution in [0.4, 0.5) is 13.2 Å². The number of aliphatic imine (C=N–C) groups is 1. The number of amidine groups is 1. The number of carboxylic acids is 1. The van der Waals surface area contributed by atoms with Crippen LogP contribution in [-0.2, 0) is 16.9 Å². The van der Waals surface area contributed by atoms with E-state index in [2.05, 4.69) is 26.0 Å². The van der Waals surface area contributed by atoms with Gasteiger partial charge in [0.05, 0.1) is 17.2 Å². The summed E-state index contributed by atoms with van der Waals surface area (Å²) < 4.78 is 34.4. The van der Waals surface area contributed by atoms with Crippen LogP contribution in [0.25, 0.3) is 0 Å². The Balaban J connectivity index is 0.000000345. The number of fused-ring (bicyclic) bond motifs is 1. The Labute approximate surface area is 165 Å². The Morgan fingerprint density at radius 2 is 1.96 bits per heavy atom. The van der Waals surface area contributed by atoms with Gasteiger partial charge in [-0.25, -0.2) is 4.79 Å². The molecule has 0 saturated heterocycles. The average molecular weight is 462 g/mol. The van der Waals surface area contributed by atoms with Gasteiger partial charge in [0.2, 0.25) is 5.91 Å². The smallest absolute Gasteiger partial charge is 0.475 e. The minimum Gasteiger partial charge on any atom is -0.475 e. The van der Waals surface area contributed by atoms with Gasteiger partial charge in [0.15, 0.2) is 0 Å². The predicted octanol–water partition coefficient (Wildman–Crippen LogP) is 2.01. The van der Waals surface area contributed by atoms with Crippen molar-refractivity contribution in [3.05, 3.63) is 51.8 Å². The summed E-state index contributed by atoms with van der Waals surface area (Å²) in [5, 5.41) is 11.4. The summed E-state index contributed by atoms with van der Waals surface area (Å²) in [4.78, 5) is 24.9. The predicted molar refractivity (Wildman–Crippen MR) is 96.7 cm³/mol. The number of alkyl halides is 3. The summed E-state index contributed by atoms with van der Waals surface area (Å²) in [6.07, 6.45) is -3.39. The molecule has 1 aromatic heterocycles. The largest absolute Gasteiger partial charge is 0.490 e. The molecule has 1 amide bonds. The average Bonchev–Trinajstić information content (AvgIpc) is 2.95. The summed E-state index contributed by atoms with van der Waals surface area (Å²) in [7, 11) is 0. The molecule has 0 fully saturated rings. The molecule has 0 spiro atoms. The topological polar surface area (TPSA) is 137 Å². The molecule has 1 aliphatic rings. The van der Waals surface area contributed by atoms with Crippen molar-refractivity contribution in [2.75, 3.05) is 0 Å². The second kappa shape index (κ2) is 7.62. The molecule has 2 aromatic rings. The molecule has 1 unspecified atom stereocenters. The van der Waals surface area contributed by atoms with Gasteiger partial charge in [-0.2, -0.15) is 18.3 Å². The van der Waals surface area contributed by atoms with Crippen molar-refractivity contribution >= 4 is 33.6 Å². The van der Waals surface area contributed by atoms with E-state index in [0.29, 0.717) is 17.9 Å². The van der Waals surface area contributed by atoms with Gasteiger partial charge in [0.1, 0.15) is 17.1 Å². The van der Waals surface area contributed by atoms with Crippen molar-refractivity contribution < 1.29 is 27.9 Å². The van der Waals surface area contributed by atoms with Gasteiger partial charge in [0, 0.05) is 5.56 Å². The fourth-order valence-electron chi connectivity index (χ4n) is 2.55. The summed E-state index contributed by atoms with van der Waals surface area (Å²) in [6.45, 7) is 2.50. The molecule has 1 aliphatic heterocycles. The lowest BCUT2D eigenvalue weighted by Crippen LogP contribution is -2.37. The molecule has 5 N–H and O–H groups in total. The number of hydrogen-bond acceptors (Lipinski definition) is 5. The number of nitrogens with two attached hydrogens (primary N) is 2. The van der Waals surface area contributed by atoms with Gasteiger partial charge in [-0.15, -0.1) is 0 Å². The lowest BCUT2D eigenvalue weighted by molar-refractivity contribution is -0.192. The number of aromatic nitrogens is 2. The third-order valence-electron chi connectivity index (χ3n) is 3.87. The van der Waals surface area contributed by atoms with E-state index in [1.165, 1.54) is 0 Å². The van der Waals surface area contributed by atoms with E-state index in [1.807, 2.05) is 17.7 Å². The van der Waals surface area contributed by atoms with Gasteiger partial charge >= 0.3 is 12.1 Å². The summed E-state index contributed by atoms with van der Waals surface area (Å²) in [5.74, 6) is -2.80. The standard InChI is InChI=1S/C14H14BrN5O.C2HF3O2/c1-14(9-4-2-3-8(5-9)13(17)21)7-20-11(12(16)19-14)10(15)6-18-20;3-2(4,5)1(6)7/h2-6H,7H2,1H3,(H2,16,19)(H2,17,21);(H,6,7). The molecule has 0 radical (unpaired) electrons. The molecule has 0 aliphatic carbocycles. The van der Waals surface area contributed by atoms with E-state index >= 15 is 0 Å². The quantitative estimate of drug-likeness (QED) is 0.628. The zero-order chi connectivity index (χ0) is 21.3. The van der Waals surface area contributed by atoms with Gasteiger partial charge in [-0.1, -0.05) is 12.1 Å². The highest BCUT2D eigenvalue weighted by Gasteiger charge is 2.38. The van der Waals surface area contributed by atoms with Crippen molar-refractivity contribution in [1.29, 1.82) is 0 Å². The number of carboxylic acid groups (broad SMARTS) is 1. The molecule has 28 heavy (non-hydrogen) atoms. The highest BCUT2D eigenvalue weighted by molar-refractivity contribution is 9.10. The Hall–Kier alpha value is -2.89. The van der Waals surface area contributed by atoms with Crippen LogP contribution in [0.15, 0.2) is 39.9 Å². The van der Waals surface area contributed by atoms with Crippen molar-refractivity contribution in [3.63, 3.8) is 0 Å². The third-order valence-corrected chi connectivity index (χ3v) is 4.45. The SMILES string of the molecule is CC1(c2cccc(C(N)=O)c2)Cn2ncc(Br)c2C(N)=N1.O=C(O)C(F)(F)F. The van der Waals surface area contributed by atoms with Crippen LogP contribution in [0, 0.1) is 0 Å². The molecule has 2 heterocycles. The highest BCUT2D eigenvalue weighted by atomic mass is 79.9. The van der Waals surface area contributed by atoms with Crippen LogP contribution >= 0.6 is 15.9 Å². The molecule has 1 aromatic carbocycles. The van der Waals surface area contributed by atoms with Crippen molar-refractivity contribution in [3.8, 4) is 0 Å². The van der Waals surface area contributed by atoms with Crippen molar-refractivity contribution in [2.24, 2.45) is 16.5 Å². The number of rotatable bonds is 2. The summed E-state index contributed by atoms with van der Waals surface area (Å²) >= 11 is 3.41. The van der Waals surface area contributed by atoms with Crippen LogP contribution in [0.2, 0.25) is 0 Å². The van der Waals surface area contributed by atoms with Gasteiger partial charge in [-0.3, -0.25) is 14.5 Å². The first-order valence-corrected chi connectivity index (χ1v) is 8.42. The normalized spacial score (nSPS) is 18.4. The van der Waals surface area contributed by atoms with E-state index < -0.39 is 23.6 Å². The van der Waals surface area contributed by atoms with Crippen LogP contribution in [0.5, 0.6) is 0 Å². The number of benzene rings is 1. The molecular formula is C16H15BrF3N5O3. The molecule has 3 rings (SSSR count). The lowest BCUT2D eigenvalue weighted by atomic mass is 9.90. The van der Waals surface area contributed by atoms with E-state index in [9.17, 15) is 18.0 Å². The second-order valence-electron chi connectivity index (χ2n) is 6.02. The zero-order valence-corrected chi connectivity index (χ0v) is 16.0. The third kappa shape index (κ3) is 4.50. The first-order valence-electron chi connectivity index (χ1n) is 7.62. The number of aliphatic carboxylic acids is 1. The molecule has 150 valence electrons. The first kappa shape index (κ1) is 21.4. The number of primary amides is 1. The van der Waals surface area contributed by atoms with Crippen LogP contribution in [-0.4, -0.2) is 38.8 Å². The first-order chi connectivity index (χ1) is 12.8. The van der Waals surface area contributed by atoms with E-state index in [1.54, 1.807) is 24.4 Å². The Kier molecular flexibility index (Phi) is 5.83. The molecule has 1 atom stereocenters. The summed E-state index contributed by atoms with van der Waals surface area (Å²) in [5.41, 5.74) is 12.9. The van der Waals surface area contributed by atoms with E-state index in [-0.39, 0.29) is 0 Å². The minimum absolute atomic E-state index is 0.414. The Morgan fingerprint density at radius 3 is 2.50 bits per heavy atom. The maximum Gasteiger partial charge on any atom is 0.490 e. The van der Waals surface area contributed by atoms with Crippen LogP contribution in [0.3, 0.4) is 0 Å². The molecule has 8 nitrogen and oxygen atoms in total. The fraction of sp³-hybridized carbons (Fsp3) is 0.250. The molecule has 0 bridgehead atoms. The van der Waals surface area contributed by atoms with Gasteiger partial charge < -0.3 is 16.6 Å². The molecule has 0 saturated carbocycles. The fourth-order valence-corrected chi connectivity index (χ4v) is 3.05. The number of carbonyl (C=O) groups excluding carboxylic acids is 1. The highest BCUT2D eigenvalue weighted by Crippen LogP contribution is 2.33. The Bertz CT molecular complexity index is 957. The lowest BCUT2D eigenvalue weighted by Gasteiger charge is -2.31. The number of nitrogens with zero attached hydrogens (tertiary/aromatic N) is 3. The number of hydrogen-bond donors (Lipinski definition) is 3.